The molecule has 0 aliphatic carbocycles. The van der Waals surface area contributed by atoms with Gasteiger partial charge in [-0.3, -0.25) is 9.20 Å². The van der Waals surface area contributed by atoms with Crippen LogP contribution in [0.4, 0.5) is 0 Å². The van der Waals surface area contributed by atoms with E-state index in [1.54, 1.807) is 0 Å². The second-order valence-corrected chi connectivity index (χ2v) is 7.01. The van der Waals surface area contributed by atoms with Crippen LogP contribution in [-0.4, -0.2) is 49.2 Å². The first-order chi connectivity index (χ1) is 11.7. The molecule has 1 saturated heterocycles. The molecule has 7 heteroatoms. The van der Waals surface area contributed by atoms with Gasteiger partial charge in [0.15, 0.2) is 5.65 Å². The molecular formula is C17H19N5OS. The smallest absolute Gasteiger partial charge is 0.232 e. The molecule has 0 N–H and O–H groups in total. The van der Waals surface area contributed by atoms with Crippen LogP contribution < -0.4 is 0 Å². The number of carbonyl (C=O) groups is 1. The van der Waals surface area contributed by atoms with E-state index in [1.165, 1.54) is 18.2 Å². The fourth-order valence-electron chi connectivity index (χ4n) is 3.16. The van der Waals surface area contributed by atoms with Crippen molar-refractivity contribution in [1.29, 1.82) is 0 Å². The molecule has 1 aliphatic rings. The van der Waals surface area contributed by atoms with Crippen LogP contribution in [0.5, 0.6) is 0 Å². The Morgan fingerprint density at radius 3 is 2.79 bits per heavy atom. The topological polar surface area (TPSA) is 63.4 Å². The van der Waals surface area contributed by atoms with Crippen molar-refractivity contribution >= 4 is 34.3 Å². The minimum absolute atomic E-state index is 0.184. The van der Waals surface area contributed by atoms with Gasteiger partial charge in [-0.1, -0.05) is 23.9 Å². The summed E-state index contributed by atoms with van der Waals surface area (Å²) >= 11 is 1.45. The normalized spacial score (nSPS) is 15.3. The monoisotopic (exact) mass is 341 g/mol. The number of para-hydroxylation sites is 2. The second-order valence-electron chi connectivity index (χ2n) is 6.04. The lowest BCUT2D eigenvalue weighted by Gasteiger charge is -2.26. The zero-order valence-corrected chi connectivity index (χ0v) is 14.4. The lowest BCUT2D eigenvalue weighted by atomic mass is 10.1. The number of amides is 1. The molecule has 1 amide bonds. The number of nitrogens with zero attached hydrogens (tertiary/aromatic N) is 5. The van der Waals surface area contributed by atoms with Crippen LogP contribution in [0, 0.1) is 6.92 Å². The van der Waals surface area contributed by atoms with Gasteiger partial charge >= 0.3 is 0 Å². The highest BCUT2D eigenvalue weighted by Crippen LogP contribution is 2.26. The molecular weight excluding hydrogens is 322 g/mol. The Hall–Kier alpha value is -2.15. The Bertz CT molecular complexity index is 901. The summed E-state index contributed by atoms with van der Waals surface area (Å²) in [6, 6.07) is 7.94. The minimum Gasteiger partial charge on any atom is -0.342 e. The average Bonchev–Trinajstić information content (AvgIpc) is 3.02. The van der Waals surface area contributed by atoms with Gasteiger partial charge in [0, 0.05) is 13.1 Å². The van der Waals surface area contributed by atoms with E-state index in [-0.39, 0.29) is 5.91 Å². The number of thioether (sulfide) groups is 1. The molecule has 2 aromatic heterocycles. The van der Waals surface area contributed by atoms with Crippen molar-refractivity contribution in [2.45, 2.75) is 31.2 Å². The first kappa shape index (κ1) is 15.4. The van der Waals surface area contributed by atoms with Crippen LogP contribution in [0.25, 0.3) is 16.7 Å². The first-order valence-electron chi connectivity index (χ1n) is 8.25. The fourth-order valence-corrected chi connectivity index (χ4v) is 4.02. The van der Waals surface area contributed by atoms with Crippen molar-refractivity contribution in [2.24, 2.45) is 0 Å². The largest absolute Gasteiger partial charge is 0.342 e. The Morgan fingerprint density at radius 1 is 1.17 bits per heavy atom. The van der Waals surface area contributed by atoms with E-state index in [1.807, 2.05) is 40.5 Å². The zero-order chi connectivity index (χ0) is 16.5. The van der Waals surface area contributed by atoms with E-state index in [0.29, 0.717) is 5.75 Å². The minimum atomic E-state index is 0.184. The maximum atomic E-state index is 12.4. The predicted octanol–water partition coefficient (Wildman–Crippen LogP) is 2.69. The van der Waals surface area contributed by atoms with Gasteiger partial charge in [-0.25, -0.2) is 4.98 Å². The van der Waals surface area contributed by atoms with Crippen LogP contribution in [0.15, 0.2) is 29.3 Å². The number of hydrogen-bond donors (Lipinski definition) is 0. The molecule has 124 valence electrons. The number of benzene rings is 1. The van der Waals surface area contributed by atoms with Crippen LogP contribution in [-0.2, 0) is 4.79 Å². The van der Waals surface area contributed by atoms with Gasteiger partial charge in [-0.15, -0.1) is 10.2 Å². The lowest BCUT2D eigenvalue weighted by Crippen LogP contribution is -2.36. The van der Waals surface area contributed by atoms with Gasteiger partial charge in [0.25, 0.3) is 0 Å². The Morgan fingerprint density at radius 2 is 1.96 bits per heavy atom. The predicted molar refractivity (Wildman–Crippen MR) is 94.2 cm³/mol. The van der Waals surface area contributed by atoms with E-state index >= 15 is 0 Å². The highest BCUT2D eigenvalue weighted by atomic mass is 32.2. The van der Waals surface area contributed by atoms with Gasteiger partial charge in [0.2, 0.25) is 5.91 Å². The molecule has 24 heavy (non-hydrogen) atoms. The molecule has 0 spiro atoms. The van der Waals surface area contributed by atoms with Crippen molar-refractivity contribution in [3.63, 3.8) is 0 Å². The maximum absolute atomic E-state index is 12.4. The molecule has 0 saturated carbocycles. The summed E-state index contributed by atoms with van der Waals surface area (Å²) in [7, 11) is 0. The fraction of sp³-hybridized carbons (Fsp3) is 0.412. The number of carbonyl (C=O) groups excluding carboxylic acids is 1. The van der Waals surface area contributed by atoms with Crippen LogP contribution >= 0.6 is 11.8 Å². The molecule has 0 bridgehead atoms. The van der Waals surface area contributed by atoms with Crippen molar-refractivity contribution in [1.82, 2.24) is 24.5 Å². The van der Waals surface area contributed by atoms with Crippen LogP contribution in [0.2, 0.25) is 0 Å². The van der Waals surface area contributed by atoms with Crippen molar-refractivity contribution in [3.05, 3.63) is 30.1 Å². The molecule has 3 heterocycles. The molecule has 0 unspecified atom stereocenters. The third-order valence-electron chi connectivity index (χ3n) is 4.40. The Balaban J connectivity index is 1.64. The Labute approximate surface area is 144 Å². The quantitative estimate of drug-likeness (QED) is 0.685. The van der Waals surface area contributed by atoms with Gasteiger partial charge in [0.05, 0.1) is 16.8 Å². The summed E-state index contributed by atoms with van der Waals surface area (Å²) in [5.74, 6) is 1.41. The maximum Gasteiger partial charge on any atom is 0.232 e. The SMILES string of the molecule is Cc1nnc2c(SCC(=O)N3CCCCC3)nc3ccccc3n12. The molecule has 3 aromatic rings. The van der Waals surface area contributed by atoms with E-state index in [4.69, 9.17) is 4.98 Å². The first-order valence-corrected chi connectivity index (χ1v) is 9.23. The summed E-state index contributed by atoms with van der Waals surface area (Å²) in [4.78, 5) is 19.1. The summed E-state index contributed by atoms with van der Waals surface area (Å²) in [5.41, 5.74) is 2.60. The highest BCUT2D eigenvalue weighted by molar-refractivity contribution is 8.00. The van der Waals surface area contributed by atoms with Crippen molar-refractivity contribution in [2.75, 3.05) is 18.8 Å². The number of aryl methyl sites for hydroxylation is 1. The third kappa shape index (κ3) is 2.73. The van der Waals surface area contributed by atoms with Crippen molar-refractivity contribution in [3.8, 4) is 0 Å². The summed E-state index contributed by atoms with van der Waals surface area (Å²) in [6.45, 7) is 3.69. The van der Waals surface area contributed by atoms with Crippen LogP contribution in [0.1, 0.15) is 25.1 Å². The summed E-state index contributed by atoms with van der Waals surface area (Å²) in [6.07, 6.45) is 3.44. The van der Waals surface area contributed by atoms with Crippen LogP contribution in [0.3, 0.4) is 0 Å². The number of fused-ring (bicyclic) bond motifs is 3. The summed E-state index contributed by atoms with van der Waals surface area (Å²) in [5, 5.41) is 9.21. The summed E-state index contributed by atoms with van der Waals surface area (Å²) < 4.78 is 2.01. The molecule has 0 radical (unpaired) electrons. The van der Waals surface area contributed by atoms with Crippen molar-refractivity contribution < 1.29 is 4.79 Å². The van der Waals surface area contributed by atoms with Gasteiger partial charge in [0.1, 0.15) is 10.9 Å². The van der Waals surface area contributed by atoms with Gasteiger partial charge in [-0.2, -0.15) is 0 Å². The third-order valence-corrected chi connectivity index (χ3v) is 5.34. The second kappa shape index (κ2) is 6.39. The number of piperidine rings is 1. The number of aromatic nitrogens is 4. The molecule has 4 rings (SSSR count). The highest BCUT2D eigenvalue weighted by Gasteiger charge is 2.19. The molecule has 1 aliphatic heterocycles. The number of hydrogen-bond acceptors (Lipinski definition) is 5. The number of rotatable bonds is 3. The number of likely N-dealkylation sites (tertiary alicyclic amines) is 1. The average molecular weight is 341 g/mol. The standard InChI is InChI=1S/C17H19N5OS/c1-12-19-20-16-17(18-13-7-3-4-8-14(13)22(12)16)24-11-15(23)21-9-5-2-6-10-21/h3-4,7-8H,2,5-6,9-11H2,1H3. The van der Waals surface area contributed by atoms with Gasteiger partial charge in [-0.05, 0) is 38.3 Å². The lowest BCUT2D eigenvalue weighted by molar-refractivity contribution is -0.129. The molecule has 1 aromatic carbocycles. The van der Waals surface area contributed by atoms with Gasteiger partial charge < -0.3 is 4.90 Å². The molecule has 0 atom stereocenters. The van der Waals surface area contributed by atoms with E-state index in [9.17, 15) is 4.79 Å². The molecule has 6 nitrogen and oxygen atoms in total. The van der Waals surface area contributed by atoms with E-state index in [0.717, 1.165) is 53.5 Å². The molecule has 1 fully saturated rings. The van der Waals surface area contributed by atoms with E-state index < -0.39 is 0 Å². The zero-order valence-electron chi connectivity index (χ0n) is 13.6. The Kier molecular flexibility index (Phi) is 4.10. The van der Waals surface area contributed by atoms with E-state index in [2.05, 4.69) is 10.2 Å².